The van der Waals surface area contributed by atoms with Crippen LogP contribution in [0, 0.1) is 11.3 Å². The molecule has 7 nitrogen and oxygen atoms in total. The lowest BCUT2D eigenvalue weighted by molar-refractivity contribution is -0.180. The maximum absolute atomic E-state index is 11.7. The first-order valence-corrected chi connectivity index (χ1v) is 10.0. The van der Waals surface area contributed by atoms with Crippen LogP contribution in [0.25, 0.3) is 0 Å². The molecule has 1 aromatic rings. The summed E-state index contributed by atoms with van der Waals surface area (Å²) in [5, 5.41) is 9.29. The Hall–Kier alpha value is -2.18. The zero-order valence-corrected chi connectivity index (χ0v) is 16.7. The fraction of sp³-hybridized carbons (Fsp3) is 0.444. The molecule has 0 aromatic heterocycles. The second-order valence-corrected chi connectivity index (χ2v) is 8.38. The minimum absolute atomic E-state index is 0.348. The molecule has 9 heteroatoms. The number of carbonyl (C=O) groups is 3. The Kier molecular flexibility index (Phi) is 7.56. The second kappa shape index (κ2) is 9.67. The highest BCUT2D eigenvalue weighted by Gasteiger charge is 2.46. The monoisotopic (exact) mass is 409 g/mol. The topological polar surface area (TPSA) is 103 Å². The molecule has 1 fully saturated rings. The third-order valence-electron chi connectivity index (χ3n) is 3.56. The molecule has 1 aliphatic rings. The molecule has 0 bridgehead atoms. The van der Waals surface area contributed by atoms with Crippen molar-refractivity contribution in [3.63, 3.8) is 0 Å². The van der Waals surface area contributed by atoms with E-state index in [0.717, 1.165) is 4.90 Å². The van der Waals surface area contributed by atoms with Gasteiger partial charge < -0.3 is 14.2 Å². The number of rotatable bonds is 5. The van der Waals surface area contributed by atoms with Crippen molar-refractivity contribution in [1.82, 2.24) is 0 Å². The molecule has 1 saturated heterocycles. The van der Waals surface area contributed by atoms with Gasteiger partial charge in [-0.2, -0.15) is 5.26 Å². The number of esters is 3. The van der Waals surface area contributed by atoms with E-state index in [4.69, 9.17) is 14.2 Å². The minimum Gasteiger partial charge on any atom is -0.458 e. The van der Waals surface area contributed by atoms with Crippen LogP contribution in [0.4, 0.5) is 0 Å². The summed E-state index contributed by atoms with van der Waals surface area (Å²) in [6, 6.07) is 9.19. The molecular weight excluding hydrogens is 390 g/mol. The van der Waals surface area contributed by atoms with Gasteiger partial charge in [0.15, 0.2) is 18.3 Å². The largest absolute Gasteiger partial charge is 0.458 e. The smallest absolute Gasteiger partial charge is 0.303 e. The van der Waals surface area contributed by atoms with Gasteiger partial charge in [0.05, 0.1) is 10.1 Å². The summed E-state index contributed by atoms with van der Waals surface area (Å²) < 4.78 is 15.7. The first-order valence-electron chi connectivity index (χ1n) is 8.11. The number of hydrogen-bond acceptors (Lipinski definition) is 9. The zero-order valence-electron chi connectivity index (χ0n) is 15.0. The van der Waals surface area contributed by atoms with Crippen LogP contribution >= 0.6 is 23.5 Å². The van der Waals surface area contributed by atoms with Crippen LogP contribution in [-0.2, 0) is 28.6 Å². The van der Waals surface area contributed by atoms with Gasteiger partial charge in [-0.3, -0.25) is 14.4 Å². The lowest BCUT2D eigenvalue weighted by Crippen LogP contribution is -2.53. The lowest BCUT2D eigenvalue weighted by Gasteiger charge is -2.40. The Morgan fingerprint density at radius 2 is 1.63 bits per heavy atom. The molecule has 0 amide bonds. The Labute approximate surface area is 165 Å². The average molecular weight is 409 g/mol. The predicted octanol–water partition coefficient (Wildman–Crippen LogP) is 2.52. The van der Waals surface area contributed by atoms with Crippen LogP contribution in [0.2, 0.25) is 0 Å². The van der Waals surface area contributed by atoms with E-state index in [-0.39, 0.29) is 4.58 Å². The van der Waals surface area contributed by atoms with E-state index in [0.29, 0.717) is 11.3 Å². The minimum atomic E-state index is -0.928. The summed E-state index contributed by atoms with van der Waals surface area (Å²) in [4.78, 5) is 35.4. The first kappa shape index (κ1) is 21.1. The van der Waals surface area contributed by atoms with Gasteiger partial charge in [-0.05, 0) is 12.1 Å². The van der Waals surface area contributed by atoms with Crippen LogP contribution < -0.4 is 0 Å². The quantitative estimate of drug-likeness (QED) is 0.536. The van der Waals surface area contributed by atoms with Crippen LogP contribution in [0.3, 0.4) is 0 Å². The van der Waals surface area contributed by atoms with Crippen LogP contribution in [-0.4, -0.2) is 46.6 Å². The highest BCUT2D eigenvalue weighted by molar-refractivity contribution is 8.17. The molecule has 27 heavy (non-hydrogen) atoms. The van der Waals surface area contributed by atoms with Gasteiger partial charge in [0.1, 0.15) is 6.07 Å². The molecule has 0 aliphatic carbocycles. The van der Waals surface area contributed by atoms with Crippen molar-refractivity contribution < 1.29 is 28.6 Å². The normalized spacial score (nSPS) is 24.4. The van der Waals surface area contributed by atoms with E-state index >= 15 is 0 Å². The Morgan fingerprint density at radius 1 is 1.04 bits per heavy atom. The van der Waals surface area contributed by atoms with E-state index in [1.807, 2.05) is 6.07 Å². The van der Waals surface area contributed by atoms with Crippen molar-refractivity contribution in [3.8, 4) is 6.07 Å². The average Bonchev–Trinajstić information content (AvgIpc) is 2.59. The number of ether oxygens (including phenoxy) is 3. The molecule has 1 aromatic carbocycles. The number of benzene rings is 1. The fourth-order valence-corrected chi connectivity index (χ4v) is 5.45. The van der Waals surface area contributed by atoms with Crippen LogP contribution in [0.5, 0.6) is 0 Å². The summed E-state index contributed by atoms with van der Waals surface area (Å²) in [5.74, 6) is -1.26. The zero-order chi connectivity index (χ0) is 20.0. The van der Waals surface area contributed by atoms with Crippen molar-refractivity contribution in [2.24, 2.45) is 0 Å². The molecular formula is C18H19NO6S2. The summed E-state index contributed by atoms with van der Waals surface area (Å²) in [5.41, 5.74) is 0.496. The Morgan fingerprint density at radius 3 is 2.22 bits per heavy atom. The molecule has 0 radical (unpaired) electrons. The van der Waals surface area contributed by atoms with E-state index in [1.54, 1.807) is 18.2 Å². The van der Waals surface area contributed by atoms with E-state index < -0.39 is 36.2 Å². The van der Waals surface area contributed by atoms with Gasteiger partial charge in [0.25, 0.3) is 0 Å². The number of hydrogen-bond donors (Lipinski definition) is 0. The first-order chi connectivity index (χ1) is 12.8. The van der Waals surface area contributed by atoms with Crippen molar-refractivity contribution in [3.05, 3.63) is 29.8 Å². The molecule has 2 rings (SSSR count). The summed E-state index contributed by atoms with van der Waals surface area (Å²) in [7, 11) is 0. The van der Waals surface area contributed by atoms with Crippen molar-refractivity contribution in [1.29, 1.82) is 5.26 Å². The lowest BCUT2D eigenvalue weighted by atomic mass is 10.1. The molecule has 0 unspecified atom stereocenters. The number of nitriles is 1. The molecule has 4 atom stereocenters. The van der Waals surface area contributed by atoms with Crippen LogP contribution in [0.15, 0.2) is 29.2 Å². The summed E-state index contributed by atoms with van der Waals surface area (Å²) in [6.07, 6.45) is -2.50. The van der Waals surface area contributed by atoms with E-state index in [9.17, 15) is 19.6 Å². The SMILES string of the molecule is CC(=O)O[C@@H]1[C@@H](OC(C)=O)[C@H](Sc2ccccc2C#N)SC[C@H]1OC(C)=O. The third-order valence-corrected chi connectivity index (χ3v) is 6.48. The number of thioether (sulfide) groups is 2. The van der Waals surface area contributed by atoms with E-state index in [2.05, 4.69) is 6.07 Å². The van der Waals surface area contributed by atoms with Crippen molar-refractivity contribution >= 4 is 41.4 Å². The maximum atomic E-state index is 11.7. The Bertz CT molecular complexity index is 762. The maximum Gasteiger partial charge on any atom is 0.303 e. The van der Waals surface area contributed by atoms with Gasteiger partial charge in [-0.25, -0.2) is 0 Å². The number of carbonyl (C=O) groups excluding carboxylic acids is 3. The predicted molar refractivity (Wildman–Crippen MR) is 99.9 cm³/mol. The Balaban J connectivity index is 2.32. The molecule has 1 heterocycles. The van der Waals surface area contributed by atoms with Crippen molar-refractivity contribution in [2.45, 2.75) is 48.6 Å². The molecule has 0 spiro atoms. The fourth-order valence-electron chi connectivity index (χ4n) is 2.60. The molecule has 1 aliphatic heterocycles. The van der Waals surface area contributed by atoms with Crippen LogP contribution in [0.1, 0.15) is 26.3 Å². The van der Waals surface area contributed by atoms with Crippen molar-refractivity contribution in [2.75, 3.05) is 5.75 Å². The molecule has 0 N–H and O–H groups in total. The number of nitrogens with zero attached hydrogens (tertiary/aromatic N) is 1. The highest BCUT2D eigenvalue weighted by Crippen LogP contribution is 2.42. The van der Waals surface area contributed by atoms with Gasteiger partial charge in [0.2, 0.25) is 0 Å². The standard InChI is InChI=1S/C18H19NO6S2/c1-10(20)23-14-9-26-18(27-15-7-5-4-6-13(15)8-19)17(25-12(3)22)16(14)24-11(2)21/h4-7,14,16-18H,9H2,1-3H3/t14-,16+,17-,18+/m1/s1. The van der Waals surface area contributed by atoms with Gasteiger partial charge in [0, 0.05) is 31.4 Å². The third kappa shape index (κ3) is 5.91. The second-order valence-electron chi connectivity index (χ2n) is 5.72. The van der Waals surface area contributed by atoms with Gasteiger partial charge in [-0.1, -0.05) is 12.1 Å². The van der Waals surface area contributed by atoms with Gasteiger partial charge >= 0.3 is 17.9 Å². The van der Waals surface area contributed by atoms with E-state index in [1.165, 1.54) is 44.3 Å². The summed E-state index contributed by atoms with van der Waals surface area (Å²) in [6.45, 7) is 3.76. The summed E-state index contributed by atoms with van der Waals surface area (Å²) >= 11 is 2.77. The molecule has 144 valence electrons. The van der Waals surface area contributed by atoms with Gasteiger partial charge in [-0.15, -0.1) is 23.5 Å². The molecule has 0 saturated carbocycles. The highest BCUT2D eigenvalue weighted by atomic mass is 32.2.